The fraction of sp³-hybridized carbons (Fsp3) is 0.250. The van der Waals surface area contributed by atoms with Gasteiger partial charge in [-0.1, -0.05) is 18.2 Å². The standard InChI is InChI=1S/C20H20FN5O/c21-16-5-3-4-15(12-16)14-7-10-26(11-8-14)20(27)23-19-13-18(24-25-19)17-6-1-2-9-22-17/h1-6,9,12-14H,7-8,10-11H2,(H2,23,24,25,27). The minimum absolute atomic E-state index is 0.174. The number of hydrogen-bond donors (Lipinski definition) is 2. The van der Waals surface area contributed by atoms with Gasteiger partial charge in [0.15, 0.2) is 5.82 Å². The first-order valence-corrected chi connectivity index (χ1v) is 8.97. The fourth-order valence-electron chi connectivity index (χ4n) is 3.40. The maximum Gasteiger partial charge on any atom is 0.323 e. The second kappa shape index (κ2) is 7.57. The lowest BCUT2D eigenvalue weighted by atomic mass is 9.89. The molecule has 138 valence electrons. The number of halogens is 1. The summed E-state index contributed by atoms with van der Waals surface area (Å²) < 4.78 is 13.4. The number of anilines is 1. The average Bonchev–Trinajstić information content (AvgIpc) is 3.17. The number of pyridine rings is 1. The van der Waals surface area contributed by atoms with Crippen molar-refractivity contribution in [1.82, 2.24) is 20.1 Å². The molecule has 2 aromatic heterocycles. The molecule has 27 heavy (non-hydrogen) atoms. The largest absolute Gasteiger partial charge is 0.324 e. The number of hydrogen-bond acceptors (Lipinski definition) is 3. The number of urea groups is 1. The molecular formula is C20H20FN5O. The van der Waals surface area contributed by atoms with E-state index in [-0.39, 0.29) is 17.8 Å². The molecule has 6 nitrogen and oxygen atoms in total. The number of nitrogens with zero attached hydrogens (tertiary/aromatic N) is 3. The Hall–Kier alpha value is -3.22. The number of likely N-dealkylation sites (tertiary alicyclic amines) is 1. The van der Waals surface area contributed by atoms with Crippen LogP contribution in [0.5, 0.6) is 0 Å². The third-order valence-electron chi connectivity index (χ3n) is 4.86. The quantitative estimate of drug-likeness (QED) is 0.736. The maximum absolute atomic E-state index is 13.4. The summed E-state index contributed by atoms with van der Waals surface area (Å²) in [5.74, 6) is 0.536. The molecule has 0 bridgehead atoms. The summed E-state index contributed by atoms with van der Waals surface area (Å²) in [7, 11) is 0. The predicted molar refractivity (Wildman–Crippen MR) is 101 cm³/mol. The van der Waals surface area contributed by atoms with Crippen LogP contribution in [-0.4, -0.2) is 39.2 Å². The zero-order valence-electron chi connectivity index (χ0n) is 14.7. The van der Waals surface area contributed by atoms with Gasteiger partial charge >= 0.3 is 6.03 Å². The van der Waals surface area contributed by atoms with Crippen LogP contribution in [0.3, 0.4) is 0 Å². The number of nitrogens with one attached hydrogen (secondary N) is 2. The van der Waals surface area contributed by atoms with E-state index in [0.717, 1.165) is 29.8 Å². The number of amides is 2. The Morgan fingerprint density at radius 3 is 2.74 bits per heavy atom. The van der Waals surface area contributed by atoms with Crippen LogP contribution in [0.25, 0.3) is 11.4 Å². The van der Waals surface area contributed by atoms with E-state index in [2.05, 4.69) is 20.5 Å². The van der Waals surface area contributed by atoms with Crippen molar-refractivity contribution in [2.24, 2.45) is 0 Å². The molecule has 0 unspecified atom stereocenters. The Labute approximate surface area is 156 Å². The van der Waals surface area contributed by atoms with Crippen LogP contribution >= 0.6 is 0 Å². The second-order valence-electron chi connectivity index (χ2n) is 6.63. The Bertz CT molecular complexity index is 919. The summed E-state index contributed by atoms with van der Waals surface area (Å²) in [6.07, 6.45) is 3.34. The van der Waals surface area contributed by atoms with Gasteiger partial charge in [0.05, 0.1) is 11.4 Å². The van der Waals surface area contributed by atoms with E-state index in [1.807, 2.05) is 24.3 Å². The first-order chi connectivity index (χ1) is 13.2. The van der Waals surface area contributed by atoms with Crippen LogP contribution in [0.4, 0.5) is 15.0 Å². The van der Waals surface area contributed by atoms with Crippen molar-refractivity contribution in [3.63, 3.8) is 0 Å². The van der Waals surface area contributed by atoms with Crippen LogP contribution in [0.15, 0.2) is 54.7 Å². The molecule has 0 saturated carbocycles. The molecule has 7 heteroatoms. The minimum Gasteiger partial charge on any atom is -0.324 e. The summed E-state index contributed by atoms with van der Waals surface area (Å²) in [4.78, 5) is 18.5. The van der Waals surface area contributed by atoms with Crippen LogP contribution < -0.4 is 5.32 Å². The highest BCUT2D eigenvalue weighted by Gasteiger charge is 2.24. The lowest BCUT2D eigenvalue weighted by molar-refractivity contribution is 0.194. The highest BCUT2D eigenvalue weighted by Crippen LogP contribution is 2.28. The number of piperidine rings is 1. The molecular weight excluding hydrogens is 345 g/mol. The third kappa shape index (κ3) is 3.97. The maximum atomic E-state index is 13.4. The SMILES string of the molecule is O=C(Nc1cc(-c2ccccn2)[nH]n1)N1CCC(c2cccc(F)c2)CC1. The smallest absolute Gasteiger partial charge is 0.323 e. The minimum atomic E-state index is -0.213. The van der Waals surface area contributed by atoms with Crippen LogP contribution in [0.2, 0.25) is 0 Å². The van der Waals surface area contributed by atoms with E-state index in [0.29, 0.717) is 18.9 Å². The van der Waals surface area contributed by atoms with Crippen molar-refractivity contribution in [2.75, 3.05) is 18.4 Å². The summed E-state index contributed by atoms with van der Waals surface area (Å²) in [6.45, 7) is 1.26. The molecule has 1 aliphatic heterocycles. The predicted octanol–water partition coefficient (Wildman–Crippen LogP) is 4.02. The van der Waals surface area contributed by atoms with E-state index >= 15 is 0 Å². The molecule has 0 radical (unpaired) electrons. The summed E-state index contributed by atoms with van der Waals surface area (Å²) in [6, 6.07) is 13.9. The number of carbonyl (C=O) groups excluding carboxylic acids is 1. The lowest BCUT2D eigenvalue weighted by Gasteiger charge is -2.32. The number of rotatable bonds is 3. The first-order valence-electron chi connectivity index (χ1n) is 8.97. The van der Waals surface area contributed by atoms with Gasteiger partial charge in [0.2, 0.25) is 0 Å². The molecule has 1 saturated heterocycles. The summed E-state index contributed by atoms with van der Waals surface area (Å²) >= 11 is 0. The molecule has 0 aliphatic carbocycles. The number of aromatic amines is 1. The van der Waals surface area contributed by atoms with Gasteiger partial charge in [-0.2, -0.15) is 5.10 Å². The molecule has 4 rings (SSSR count). The molecule has 1 fully saturated rings. The van der Waals surface area contributed by atoms with E-state index in [1.54, 1.807) is 29.3 Å². The van der Waals surface area contributed by atoms with Gasteiger partial charge in [0.1, 0.15) is 5.82 Å². The van der Waals surface area contributed by atoms with Crippen LogP contribution in [-0.2, 0) is 0 Å². The van der Waals surface area contributed by atoms with Crippen molar-refractivity contribution < 1.29 is 9.18 Å². The van der Waals surface area contributed by atoms with Crippen molar-refractivity contribution in [1.29, 1.82) is 0 Å². The van der Waals surface area contributed by atoms with Gasteiger partial charge < -0.3 is 4.90 Å². The monoisotopic (exact) mass is 365 g/mol. The fourth-order valence-corrected chi connectivity index (χ4v) is 3.40. The first kappa shape index (κ1) is 17.2. The molecule has 0 spiro atoms. The highest BCUT2D eigenvalue weighted by atomic mass is 19.1. The normalized spacial score (nSPS) is 14.9. The Balaban J connectivity index is 1.34. The number of aromatic nitrogens is 3. The second-order valence-corrected chi connectivity index (χ2v) is 6.63. The third-order valence-corrected chi connectivity index (χ3v) is 4.86. The summed E-state index contributed by atoms with van der Waals surface area (Å²) in [5.41, 5.74) is 2.51. The van der Waals surface area contributed by atoms with Crippen LogP contribution in [0.1, 0.15) is 24.3 Å². The molecule has 3 heterocycles. The van der Waals surface area contributed by atoms with Crippen molar-refractivity contribution in [2.45, 2.75) is 18.8 Å². The molecule has 1 aliphatic rings. The topological polar surface area (TPSA) is 73.9 Å². The lowest BCUT2D eigenvalue weighted by Crippen LogP contribution is -2.40. The van der Waals surface area contributed by atoms with Gasteiger partial charge in [0, 0.05) is 25.4 Å². The van der Waals surface area contributed by atoms with E-state index in [1.165, 1.54) is 6.07 Å². The Morgan fingerprint density at radius 2 is 2.00 bits per heavy atom. The van der Waals surface area contributed by atoms with Gasteiger partial charge in [-0.05, 0) is 48.6 Å². The Morgan fingerprint density at radius 1 is 1.15 bits per heavy atom. The number of carbonyl (C=O) groups is 1. The molecule has 2 amide bonds. The van der Waals surface area contributed by atoms with E-state index in [9.17, 15) is 9.18 Å². The summed E-state index contributed by atoms with van der Waals surface area (Å²) in [5, 5.41) is 9.84. The van der Waals surface area contributed by atoms with Crippen molar-refractivity contribution >= 4 is 11.8 Å². The van der Waals surface area contributed by atoms with Gasteiger partial charge in [-0.3, -0.25) is 15.4 Å². The zero-order valence-corrected chi connectivity index (χ0v) is 14.7. The van der Waals surface area contributed by atoms with Gasteiger partial charge in [-0.15, -0.1) is 0 Å². The molecule has 2 N–H and O–H groups in total. The molecule has 1 aromatic carbocycles. The van der Waals surface area contributed by atoms with E-state index in [4.69, 9.17) is 0 Å². The molecule has 3 aromatic rings. The molecule has 0 atom stereocenters. The van der Waals surface area contributed by atoms with Gasteiger partial charge in [-0.25, -0.2) is 9.18 Å². The average molecular weight is 365 g/mol. The van der Waals surface area contributed by atoms with Crippen molar-refractivity contribution in [3.8, 4) is 11.4 Å². The van der Waals surface area contributed by atoms with E-state index < -0.39 is 0 Å². The zero-order chi connectivity index (χ0) is 18.6. The number of benzene rings is 1. The Kier molecular flexibility index (Phi) is 4.82. The number of H-pyrrole nitrogens is 1. The highest BCUT2D eigenvalue weighted by molar-refractivity contribution is 5.88. The van der Waals surface area contributed by atoms with Crippen LogP contribution in [0, 0.1) is 5.82 Å². The van der Waals surface area contributed by atoms with Gasteiger partial charge in [0.25, 0.3) is 0 Å². The van der Waals surface area contributed by atoms with Crippen molar-refractivity contribution in [3.05, 3.63) is 66.1 Å².